The first-order valence-electron chi connectivity index (χ1n) is 14.0. The third-order valence-electron chi connectivity index (χ3n) is 6.99. The fourth-order valence-electron chi connectivity index (χ4n) is 4.47. The van der Waals surface area contributed by atoms with Crippen LogP contribution in [-0.4, -0.2) is 0 Å². The van der Waals surface area contributed by atoms with E-state index in [9.17, 15) is 0 Å². The van der Waals surface area contributed by atoms with Crippen molar-refractivity contribution in [3.05, 3.63) is 130 Å². The third kappa shape index (κ3) is 8.73. The summed E-state index contributed by atoms with van der Waals surface area (Å²) in [6.07, 6.45) is 0. The molecular formula is C36H44NO2+. The highest BCUT2D eigenvalue weighted by molar-refractivity contribution is 5.39. The van der Waals surface area contributed by atoms with E-state index in [1.54, 1.807) is 0 Å². The van der Waals surface area contributed by atoms with Crippen LogP contribution in [0.2, 0.25) is 0 Å². The average molecular weight is 523 g/mol. The summed E-state index contributed by atoms with van der Waals surface area (Å²) in [7, 11) is 0. The summed E-state index contributed by atoms with van der Waals surface area (Å²) < 4.78 is 12.5. The van der Waals surface area contributed by atoms with Crippen molar-refractivity contribution in [2.45, 2.75) is 78.7 Å². The van der Waals surface area contributed by atoms with Crippen molar-refractivity contribution in [1.29, 1.82) is 0 Å². The molecule has 0 radical (unpaired) electrons. The molecule has 0 saturated carbocycles. The van der Waals surface area contributed by atoms with Gasteiger partial charge >= 0.3 is 0 Å². The molecule has 4 aromatic carbocycles. The predicted octanol–water partition coefficient (Wildman–Crippen LogP) is 7.70. The third-order valence-corrected chi connectivity index (χ3v) is 6.99. The molecule has 204 valence electrons. The van der Waals surface area contributed by atoms with Gasteiger partial charge in [0.1, 0.15) is 37.8 Å². The lowest BCUT2D eigenvalue weighted by Gasteiger charge is -2.19. The Morgan fingerprint density at radius 3 is 1.36 bits per heavy atom. The molecule has 0 aliphatic rings. The van der Waals surface area contributed by atoms with E-state index in [4.69, 9.17) is 9.47 Å². The highest BCUT2D eigenvalue weighted by Gasteiger charge is 2.14. The van der Waals surface area contributed by atoms with Crippen LogP contribution in [0, 0.1) is 0 Å². The molecule has 0 fully saturated rings. The van der Waals surface area contributed by atoms with Gasteiger partial charge in [0.2, 0.25) is 0 Å². The zero-order valence-electron chi connectivity index (χ0n) is 24.5. The molecule has 0 atom stereocenters. The lowest BCUT2D eigenvalue weighted by molar-refractivity contribution is -0.686. The Hall–Kier alpha value is -3.56. The molecule has 4 rings (SSSR count). The van der Waals surface area contributed by atoms with Gasteiger partial charge in [0.15, 0.2) is 0 Å². The van der Waals surface area contributed by atoms with E-state index in [0.29, 0.717) is 13.2 Å². The van der Waals surface area contributed by atoms with Gasteiger partial charge in [-0.1, -0.05) is 120 Å². The van der Waals surface area contributed by atoms with Gasteiger partial charge in [-0.3, -0.25) is 0 Å². The molecule has 0 saturated heterocycles. The lowest BCUT2D eigenvalue weighted by atomic mass is 9.87. The first-order chi connectivity index (χ1) is 18.6. The van der Waals surface area contributed by atoms with Gasteiger partial charge in [0, 0.05) is 17.2 Å². The minimum atomic E-state index is 0.142. The highest BCUT2D eigenvalue weighted by atomic mass is 16.5. The van der Waals surface area contributed by atoms with Gasteiger partial charge in [-0.2, -0.15) is 0 Å². The maximum Gasteiger partial charge on any atom is 0.124 e. The Morgan fingerprint density at radius 1 is 0.487 bits per heavy atom. The molecule has 0 bridgehead atoms. The van der Waals surface area contributed by atoms with Gasteiger partial charge in [-0.25, -0.2) is 0 Å². The summed E-state index contributed by atoms with van der Waals surface area (Å²) in [5.74, 6) is 1.66. The molecule has 2 N–H and O–H groups in total. The van der Waals surface area contributed by atoms with Crippen LogP contribution in [-0.2, 0) is 37.1 Å². The molecule has 3 heteroatoms. The Kier molecular flexibility index (Phi) is 9.14. The highest BCUT2D eigenvalue weighted by Crippen LogP contribution is 2.27. The number of ether oxygens (including phenoxy) is 2. The zero-order valence-corrected chi connectivity index (χ0v) is 24.5. The van der Waals surface area contributed by atoms with Crippen LogP contribution < -0.4 is 14.8 Å². The molecule has 4 aromatic rings. The summed E-state index contributed by atoms with van der Waals surface area (Å²) in [6, 6.07) is 34.3. The maximum atomic E-state index is 6.27. The van der Waals surface area contributed by atoms with Crippen molar-refractivity contribution in [3.63, 3.8) is 0 Å². The number of nitrogens with two attached hydrogens (primary N) is 1. The standard InChI is InChI=1S/C36H43NO2/c1-35(2,3)31-16-12-28(13-17-31)25-38-33-20-30(24-37-23-27-10-8-7-9-11-27)21-34(22-33)39-26-29-14-18-32(19-15-29)36(4,5)6/h7-22,37H,23-26H2,1-6H3/p+1. The molecular weight excluding hydrogens is 478 g/mol. The number of hydrogen-bond acceptors (Lipinski definition) is 2. The van der Waals surface area contributed by atoms with Gasteiger partial charge in [0.05, 0.1) is 0 Å². The molecule has 0 aliphatic carbocycles. The predicted molar refractivity (Wildman–Crippen MR) is 161 cm³/mol. The fraction of sp³-hybridized carbons (Fsp3) is 0.333. The van der Waals surface area contributed by atoms with Crippen molar-refractivity contribution in [2.75, 3.05) is 0 Å². The van der Waals surface area contributed by atoms with Gasteiger partial charge in [-0.15, -0.1) is 0 Å². The maximum absolute atomic E-state index is 6.27. The SMILES string of the molecule is CC(C)(C)c1ccc(COc2cc(C[NH2+]Cc3ccccc3)cc(OCc3ccc(C(C)(C)C)cc3)c2)cc1. The smallest absolute Gasteiger partial charge is 0.124 e. The second kappa shape index (κ2) is 12.5. The Balaban J connectivity index is 1.45. The monoisotopic (exact) mass is 522 g/mol. The lowest BCUT2D eigenvalue weighted by Crippen LogP contribution is -2.80. The molecule has 0 amide bonds. The molecule has 0 aliphatic heterocycles. The number of quaternary nitrogens is 1. The van der Waals surface area contributed by atoms with E-state index < -0.39 is 0 Å². The first-order valence-corrected chi connectivity index (χ1v) is 14.0. The Bertz CT molecular complexity index is 1230. The summed E-state index contributed by atoms with van der Waals surface area (Å²) in [6.45, 7) is 16.2. The van der Waals surface area contributed by atoms with E-state index >= 15 is 0 Å². The van der Waals surface area contributed by atoms with Crippen molar-refractivity contribution in [1.82, 2.24) is 0 Å². The molecule has 0 heterocycles. The van der Waals surface area contributed by atoms with Crippen LogP contribution in [0.1, 0.15) is 74.9 Å². The minimum absolute atomic E-state index is 0.142. The van der Waals surface area contributed by atoms with Crippen molar-refractivity contribution in [2.24, 2.45) is 0 Å². The van der Waals surface area contributed by atoms with E-state index in [1.165, 1.54) is 22.3 Å². The zero-order chi connectivity index (χ0) is 27.9. The first kappa shape index (κ1) is 28.4. The quantitative estimate of drug-likeness (QED) is 0.232. The summed E-state index contributed by atoms with van der Waals surface area (Å²) in [5.41, 5.74) is 7.76. The van der Waals surface area contributed by atoms with E-state index in [0.717, 1.165) is 35.7 Å². The Morgan fingerprint density at radius 2 is 0.923 bits per heavy atom. The van der Waals surface area contributed by atoms with Crippen LogP contribution in [0.3, 0.4) is 0 Å². The molecule has 0 spiro atoms. The summed E-state index contributed by atoms with van der Waals surface area (Å²) >= 11 is 0. The average Bonchev–Trinajstić information content (AvgIpc) is 2.91. The van der Waals surface area contributed by atoms with Crippen molar-refractivity contribution < 1.29 is 14.8 Å². The number of benzene rings is 4. The van der Waals surface area contributed by atoms with Crippen molar-refractivity contribution >= 4 is 0 Å². The normalized spacial score (nSPS) is 11.8. The van der Waals surface area contributed by atoms with Crippen LogP contribution in [0.4, 0.5) is 0 Å². The van der Waals surface area contributed by atoms with Gasteiger partial charge in [-0.05, 0) is 45.2 Å². The van der Waals surface area contributed by atoms with E-state index in [-0.39, 0.29) is 10.8 Å². The van der Waals surface area contributed by atoms with Crippen LogP contribution >= 0.6 is 0 Å². The molecule has 3 nitrogen and oxygen atoms in total. The minimum Gasteiger partial charge on any atom is -0.489 e. The fourth-order valence-corrected chi connectivity index (χ4v) is 4.47. The van der Waals surface area contributed by atoms with Gasteiger partial charge in [0.25, 0.3) is 0 Å². The molecule has 0 aromatic heterocycles. The largest absolute Gasteiger partial charge is 0.489 e. The summed E-state index contributed by atoms with van der Waals surface area (Å²) in [4.78, 5) is 0. The molecule has 0 unspecified atom stereocenters. The Labute approximate surface area is 235 Å². The van der Waals surface area contributed by atoms with Gasteiger partial charge < -0.3 is 14.8 Å². The van der Waals surface area contributed by atoms with Crippen LogP contribution in [0.25, 0.3) is 0 Å². The topological polar surface area (TPSA) is 35.1 Å². The van der Waals surface area contributed by atoms with Crippen LogP contribution in [0.15, 0.2) is 97.1 Å². The van der Waals surface area contributed by atoms with E-state index in [2.05, 4.69) is 138 Å². The summed E-state index contributed by atoms with van der Waals surface area (Å²) in [5, 5.41) is 2.31. The van der Waals surface area contributed by atoms with Crippen LogP contribution in [0.5, 0.6) is 11.5 Å². The number of rotatable bonds is 10. The van der Waals surface area contributed by atoms with Crippen molar-refractivity contribution in [3.8, 4) is 11.5 Å². The molecule has 39 heavy (non-hydrogen) atoms. The van der Waals surface area contributed by atoms with E-state index in [1.807, 2.05) is 6.07 Å². The second-order valence-corrected chi connectivity index (χ2v) is 12.5. The number of hydrogen-bond donors (Lipinski definition) is 1. The second-order valence-electron chi connectivity index (χ2n) is 12.5.